The summed E-state index contributed by atoms with van der Waals surface area (Å²) in [5, 5.41) is 11.9. The van der Waals surface area contributed by atoms with Crippen molar-refractivity contribution in [1.29, 1.82) is 0 Å². The average molecular weight is 246 g/mol. The molecule has 1 atom stereocenters. The Morgan fingerprint density at radius 1 is 1.35 bits per heavy atom. The molecule has 2 amide bonds. The fourth-order valence-corrected chi connectivity index (χ4v) is 0.972. The SMILES string of the molecule is CN(C)C(=O)C[C@H](O)CNC(=O)OC(C)(C)C. The summed E-state index contributed by atoms with van der Waals surface area (Å²) in [5.41, 5.74) is -0.575. The minimum Gasteiger partial charge on any atom is -0.444 e. The Morgan fingerprint density at radius 2 is 1.88 bits per heavy atom. The molecule has 6 heteroatoms. The van der Waals surface area contributed by atoms with Crippen LogP contribution >= 0.6 is 0 Å². The van der Waals surface area contributed by atoms with E-state index in [4.69, 9.17) is 4.74 Å². The highest BCUT2D eigenvalue weighted by Gasteiger charge is 2.18. The molecule has 2 N–H and O–H groups in total. The Kier molecular flexibility index (Phi) is 5.95. The lowest BCUT2D eigenvalue weighted by Crippen LogP contribution is -2.38. The molecule has 0 saturated carbocycles. The smallest absolute Gasteiger partial charge is 0.407 e. The van der Waals surface area contributed by atoms with E-state index in [2.05, 4.69) is 5.32 Å². The highest BCUT2D eigenvalue weighted by molar-refractivity contribution is 5.76. The van der Waals surface area contributed by atoms with Crippen LogP contribution in [0.3, 0.4) is 0 Å². The number of alkyl carbamates (subject to hydrolysis) is 1. The van der Waals surface area contributed by atoms with Crippen LogP contribution in [0, 0.1) is 0 Å². The van der Waals surface area contributed by atoms with E-state index in [0.717, 1.165) is 0 Å². The van der Waals surface area contributed by atoms with Crippen LogP contribution in [0.2, 0.25) is 0 Å². The summed E-state index contributed by atoms with van der Waals surface area (Å²) in [6, 6.07) is 0. The van der Waals surface area contributed by atoms with Crippen LogP contribution in [0.15, 0.2) is 0 Å². The van der Waals surface area contributed by atoms with Gasteiger partial charge in [0.05, 0.1) is 12.5 Å². The van der Waals surface area contributed by atoms with Gasteiger partial charge in [0, 0.05) is 20.6 Å². The molecule has 0 heterocycles. The predicted octanol–water partition coefficient (Wildman–Crippen LogP) is 0.350. The van der Waals surface area contributed by atoms with Crippen molar-refractivity contribution in [2.24, 2.45) is 0 Å². The number of amides is 2. The molecule has 0 radical (unpaired) electrons. The number of nitrogens with zero attached hydrogens (tertiary/aromatic N) is 1. The zero-order valence-electron chi connectivity index (χ0n) is 11.1. The van der Waals surface area contributed by atoms with E-state index < -0.39 is 17.8 Å². The molecule has 0 fully saturated rings. The normalized spacial score (nSPS) is 12.8. The van der Waals surface area contributed by atoms with Gasteiger partial charge in [0.25, 0.3) is 0 Å². The van der Waals surface area contributed by atoms with Gasteiger partial charge in [-0.15, -0.1) is 0 Å². The summed E-state index contributed by atoms with van der Waals surface area (Å²) < 4.78 is 4.98. The van der Waals surface area contributed by atoms with Crippen LogP contribution in [0.5, 0.6) is 0 Å². The summed E-state index contributed by atoms with van der Waals surface area (Å²) in [4.78, 5) is 23.9. The molecule has 0 aliphatic carbocycles. The zero-order valence-corrected chi connectivity index (χ0v) is 11.1. The van der Waals surface area contributed by atoms with E-state index in [9.17, 15) is 14.7 Å². The predicted molar refractivity (Wildman–Crippen MR) is 63.6 cm³/mol. The Balaban J connectivity index is 3.88. The van der Waals surface area contributed by atoms with Crippen LogP contribution in [0.25, 0.3) is 0 Å². The van der Waals surface area contributed by atoms with Crippen molar-refractivity contribution in [3.05, 3.63) is 0 Å². The fraction of sp³-hybridized carbons (Fsp3) is 0.818. The fourth-order valence-electron chi connectivity index (χ4n) is 0.972. The molecule has 100 valence electrons. The van der Waals surface area contributed by atoms with E-state index in [0.29, 0.717) is 0 Å². The number of aliphatic hydroxyl groups excluding tert-OH is 1. The van der Waals surface area contributed by atoms with E-state index in [1.165, 1.54) is 4.90 Å². The second-order valence-corrected chi connectivity index (χ2v) is 5.03. The third kappa shape index (κ3) is 8.50. The molecule has 0 spiro atoms. The second-order valence-electron chi connectivity index (χ2n) is 5.03. The van der Waals surface area contributed by atoms with Crippen molar-refractivity contribution >= 4 is 12.0 Å². The molecule has 0 unspecified atom stereocenters. The second kappa shape index (κ2) is 6.44. The van der Waals surface area contributed by atoms with E-state index >= 15 is 0 Å². The minimum atomic E-state index is -0.905. The van der Waals surface area contributed by atoms with Crippen LogP contribution in [-0.4, -0.2) is 54.4 Å². The maximum atomic E-state index is 11.2. The summed E-state index contributed by atoms with van der Waals surface area (Å²) in [6.45, 7) is 5.24. The third-order valence-electron chi connectivity index (χ3n) is 1.79. The van der Waals surface area contributed by atoms with E-state index in [1.54, 1.807) is 34.9 Å². The number of ether oxygens (including phenoxy) is 1. The van der Waals surface area contributed by atoms with Gasteiger partial charge in [0.1, 0.15) is 5.60 Å². The molecule has 0 aliphatic rings. The monoisotopic (exact) mass is 246 g/mol. The highest BCUT2D eigenvalue weighted by Crippen LogP contribution is 2.06. The Morgan fingerprint density at radius 3 is 2.29 bits per heavy atom. The number of carbonyl (C=O) groups is 2. The van der Waals surface area contributed by atoms with Crippen LogP contribution in [-0.2, 0) is 9.53 Å². The van der Waals surface area contributed by atoms with Gasteiger partial charge in [-0.05, 0) is 20.8 Å². The minimum absolute atomic E-state index is 0.00546. The standard InChI is InChI=1S/C11H22N2O4/c1-11(2,3)17-10(16)12-7-8(14)6-9(15)13(4)5/h8,14H,6-7H2,1-5H3,(H,12,16)/t8-/m0/s1. The maximum Gasteiger partial charge on any atom is 0.407 e. The first-order valence-electron chi connectivity index (χ1n) is 5.47. The molecule has 0 aromatic carbocycles. The van der Waals surface area contributed by atoms with Gasteiger partial charge in [-0.25, -0.2) is 4.79 Å². The number of hydrogen-bond donors (Lipinski definition) is 2. The summed E-state index contributed by atoms with van der Waals surface area (Å²) in [5.74, 6) is -0.191. The van der Waals surface area contributed by atoms with Crippen molar-refractivity contribution < 1.29 is 19.4 Å². The lowest BCUT2D eigenvalue weighted by atomic mass is 10.2. The Hall–Kier alpha value is -1.30. The number of nitrogens with one attached hydrogen (secondary N) is 1. The first-order valence-corrected chi connectivity index (χ1v) is 5.47. The first-order chi connectivity index (χ1) is 7.61. The molecule has 6 nitrogen and oxygen atoms in total. The number of hydrogen-bond acceptors (Lipinski definition) is 4. The van der Waals surface area contributed by atoms with Crippen molar-refractivity contribution in [1.82, 2.24) is 10.2 Å². The molecular weight excluding hydrogens is 224 g/mol. The van der Waals surface area contributed by atoms with E-state index in [1.807, 2.05) is 0 Å². The lowest BCUT2D eigenvalue weighted by Gasteiger charge is -2.20. The van der Waals surface area contributed by atoms with Gasteiger partial charge < -0.3 is 20.1 Å². The zero-order chi connectivity index (χ0) is 13.6. The first kappa shape index (κ1) is 15.7. The molecule has 0 bridgehead atoms. The summed E-state index contributed by atoms with van der Waals surface area (Å²) >= 11 is 0. The van der Waals surface area contributed by atoms with Gasteiger partial charge in [0.2, 0.25) is 5.91 Å². The maximum absolute atomic E-state index is 11.2. The molecular formula is C11H22N2O4. The summed E-state index contributed by atoms with van der Waals surface area (Å²) in [7, 11) is 3.21. The van der Waals surface area contributed by atoms with Crippen molar-refractivity contribution in [2.45, 2.75) is 38.9 Å². The van der Waals surface area contributed by atoms with Gasteiger partial charge in [-0.2, -0.15) is 0 Å². The van der Waals surface area contributed by atoms with Crippen molar-refractivity contribution in [3.8, 4) is 0 Å². The Labute approximate surface area is 102 Å². The quantitative estimate of drug-likeness (QED) is 0.750. The number of aliphatic hydroxyl groups is 1. The number of carbonyl (C=O) groups excluding carboxylic acids is 2. The molecule has 0 saturated heterocycles. The van der Waals surface area contributed by atoms with Gasteiger partial charge in [0.15, 0.2) is 0 Å². The molecule has 0 aliphatic heterocycles. The van der Waals surface area contributed by atoms with Gasteiger partial charge >= 0.3 is 6.09 Å². The van der Waals surface area contributed by atoms with Crippen LogP contribution in [0.1, 0.15) is 27.2 Å². The topological polar surface area (TPSA) is 78.9 Å². The van der Waals surface area contributed by atoms with Crippen molar-refractivity contribution in [2.75, 3.05) is 20.6 Å². The largest absolute Gasteiger partial charge is 0.444 e. The third-order valence-corrected chi connectivity index (χ3v) is 1.79. The number of rotatable bonds is 4. The van der Waals surface area contributed by atoms with Crippen LogP contribution in [0.4, 0.5) is 4.79 Å². The Bertz CT molecular complexity index is 271. The van der Waals surface area contributed by atoms with Crippen LogP contribution < -0.4 is 5.32 Å². The molecule has 17 heavy (non-hydrogen) atoms. The summed E-state index contributed by atoms with van der Waals surface area (Å²) in [6.07, 6.45) is -1.53. The lowest BCUT2D eigenvalue weighted by molar-refractivity contribution is -0.130. The van der Waals surface area contributed by atoms with Crippen molar-refractivity contribution in [3.63, 3.8) is 0 Å². The highest BCUT2D eigenvalue weighted by atomic mass is 16.6. The average Bonchev–Trinajstić information content (AvgIpc) is 2.11. The van der Waals surface area contributed by atoms with Gasteiger partial charge in [-0.3, -0.25) is 4.79 Å². The van der Waals surface area contributed by atoms with E-state index in [-0.39, 0.29) is 18.9 Å². The molecule has 0 aromatic heterocycles. The molecule has 0 aromatic rings. The van der Waals surface area contributed by atoms with Gasteiger partial charge in [-0.1, -0.05) is 0 Å². The molecule has 0 rings (SSSR count).